The predicted octanol–water partition coefficient (Wildman–Crippen LogP) is 4.22. The van der Waals surface area contributed by atoms with Crippen molar-refractivity contribution in [3.8, 4) is 0 Å². The van der Waals surface area contributed by atoms with Crippen molar-refractivity contribution >= 4 is 5.97 Å². The van der Waals surface area contributed by atoms with E-state index in [2.05, 4.69) is 31.2 Å². The van der Waals surface area contributed by atoms with E-state index < -0.39 is 5.97 Å². The molecule has 2 nitrogen and oxygen atoms in total. The summed E-state index contributed by atoms with van der Waals surface area (Å²) in [5.74, 6) is -0.636. The molecule has 0 aromatic heterocycles. The summed E-state index contributed by atoms with van der Waals surface area (Å²) in [6.45, 7) is 2.16. The van der Waals surface area contributed by atoms with Gasteiger partial charge in [0.15, 0.2) is 0 Å². The number of aryl methyl sites for hydroxylation is 2. The predicted molar refractivity (Wildman–Crippen MR) is 77.3 cm³/mol. The fraction of sp³-hybridized carbons (Fsp3) is 0.588. The second kappa shape index (κ2) is 6.23. The summed E-state index contributed by atoms with van der Waals surface area (Å²) in [5, 5.41) is 9.10. The molecule has 0 unspecified atom stereocenters. The number of carboxylic acids is 1. The molecule has 2 heteroatoms. The molecule has 0 atom stereocenters. The Bertz CT molecular complexity index is 413. The second-order valence-corrected chi connectivity index (χ2v) is 5.95. The molecule has 1 aliphatic carbocycles. The van der Waals surface area contributed by atoms with Gasteiger partial charge >= 0.3 is 5.97 Å². The van der Waals surface area contributed by atoms with E-state index in [0.29, 0.717) is 6.42 Å². The van der Waals surface area contributed by atoms with Crippen LogP contribution < -0.4 is 0 Å². The van der Waals surface area contributed by atoms with Crippen molar-refractivity contribution in [3.05, 3.63) is 35.4 Å². The molecule has 2 rings (SSSR count). The molecule has 1 saturated carbocycles. The number of rotatable bonds is 6. The highest BCUT2D eigenvalue weighted by Crippen LogP contribution is 2.44. The van der Waals surface area contributed by atoms with Gasteiger partial charge in [-0.25, -0.2) is 0 Å². The highest BCUT2D eigenvalue weighted by Gasteiger charge is 2.35. The maximum atomic E-state index is 11.1. The molecule has 0 heterocycles. The van der Waals surface area contributed by atoms with Gasteiger partial charge < -0.3 is 5.11 Å². The Balaban J connectivity index is 1.96. The maximum Gasteiger partial charge on any atom is 0.303 e. The second-order valence-electron chi connectivity index (χ2n) is 5.95. The van der Waals surface area contributed by atoms with Crippen LogP contribution in [0.15, 0.2) is 24.3 Å². The molecule has 1 aromatic rings. The quantitative estimate of drug-likeness (QED) is 0.831. The van der Waals surface area contributed by atoms with E-state index in [1.54, 1.807) is 0 Å². The van der Waals surface area contributed by atoms with E-state index >= 15 is 0 Å². The zero-order valence-electron chi connectivity index (χ0n) is 11.8. The third kappa shape index (κ3) is 3.82. The Morgan fingerprint density at radius 3 is 2.26 bits per heavy atom. The standard InChI is InChI=1S/C17H24O2/c1-2-14-5-7-15(8-6-14)9-12-17(13-16(18)19)10-3-4-11-17/h5-8H,2-4,9-13H2,1H3,(H,18,19). The number of hydrogen-bond donors (Lipinski definition) is 1. The summed E-state index contributed by atoms with van der Waals surface area (Å²) in [6.07, 6.45) is 8.02. The van der Waals surface area contributed by atoms with Crippen LogP contribution in [0.4, 0.5) is 0 Å². The summed E-state index contributed by atoms with van der Waals surface area (Å²) >= 11 is 0. The lowest BCUT2D eigenvalue weighted by Gasteiger charge is -2.27. The number of benzene rings is 1. The van der Waals surface area contributed by atoms with Crippen LogP contribution in [0, 0.1) is 5.41 Å². The Labute approximate surface area is 115 Å². The van der Waals surface area contributed by atoms with Crippen LogP contribution in [0.3, 0.4) is 0 Å². The van der Waals surface area contributed by atoms with Gasteiger partial charge in [-0.3, -0.25) is 4.79 Å². The maximum absolute atomic E-state index is 11.1. The molecule has 1 aliphatic rings. The molecule has 0 aliphatic heterocycles. The highest BCUT2D eigenvalue weighted by molar-refractivity contribution is 5.67. The molecule has 0 amide bonds. The molecule has 1 aromatic carbocycles. The van der Waals surface area contributed by atoms with Gasteiger partial charge in [0.2, 0.25) is 0 Å². The van der Waals surface area contributed by atoms with E-state index in [-0.39, 0.29) is 5.41 Å². The summed E-state index contributed by atoms with van der Waals surface area (Å²) < 4.78 is 0. The van der Waals surface area contributed by atoms with E-state index in [1.165, 1.54) is 24.0 Å². The minimum absolute atomic E-state index is 0.0647. The minimum Gasteiger partial charge on any atom is -0.481 e. The van der Waals surface area contributed by atoms with Crippen LogP contribution in [0.2, 0.25) is 0 Å². The van der Waals surface area contributed by atoms with E-state index in [9.17, 15) is 4.79 Å². The minimum atomic E-state index is -0.636. The molecule has 0 saturated heterocycles. The van der Waals surface area contributed by atoms with Crippen LogP contribution in [0.25, 0.3) is 0 Å². The first-order valence-corrected chi connectivity index (χ1v) is 7.43. The number of hydrogen-bond acceptors (Lipinski definition) is 1. The Morgan fingerprint density at radius 1 is 1.16 bits per heavy atom. The van der Waals surface area contributed by atoms with Crippen molar-refractivity contribution in [2.45, 2.75) is 58.3 Å². The third-order valence-corrected chi connectivity index (χ3v) is 4.57. The Morgan fingerprint density at radius 2 is 1.74 bits per heavy atom. The van der Waals surface area contributed by atoms with Gasteiger partial charge in [0, 0.05) is 0 Å². The lowest BCUT2D eigenvalue weighted by molar-refractivity contribution is -0.139. The topological polar surface area (TPSA) is 37.3 Å². The fourth-order valence-electron chi connectivity index (χ4n) is 3.31. The van der Waals surface area contributed by atoms with Crippen molar-refractivity contribution in [1.29, 1.82) is 0 Å². The van der Waals surface area contributed by atoms with Crippen molar-refractivity contribution < 1.29 is 9.90 Å². The molecular formula is C17H24O2. The summed E-state index contributed by atoms with van der Waals surface area (Å²) in [7, 11) is 0. The molecule has 0 spiro atoms. The van der Waals surface area contributed by atoms with Crippen LogP contribution >= 0.6 is 0 Å². The monoisotopic (exact) mass is 260 g/mol. The molecule has 104 valence electrons. The number of aliphatic carboxylic acids is 1. The first-order valence-electron chi connectivity index (χ1n) is 7.43. The molecular weight excluding hydrogens is 236 g/mol. The molecule has 19 heavy (non-hydrogen) atoms. The first kappa shape index (κ1) is 14.1. The first-order chi connectivity index (χ1) is 9.13. The van der Waals surface area contributed by atoms with Gasteiger partial charge in [-0.05, 0) is 48.6 Å². The van der Waals surface area contributed by atoms with Crippen molar-refractivity contribution in [3.63, 3.8) is 0 Å². The number of carboxylic acid groups (broad SMARTS) is 1. The molecule has 1 fully saturated rings. The van der Waals surface area contributed by atoms with Crippen molar-refractivity contribution in [2.75, 3.05) is 0 Å². The van der Waals surface area contributed by atoms with E-state index in [0.717, 1.165) is 32.1 Å². The Hall–Kier alpha value is -1.31. The van der Waals surface area contributed by atoms with Gasteiger partial charge in [-0.2, -0.15) is 0 Å². The lowest BCUT2D eigenvalue weighted by Crippen LogP contribution is -2.21. The molecule has 0 bridgehead atoms. The van der Waals surface area contributed by atoms with Gasteiger partial charge in [0.05, 0.1) is 6.42 Å². The number of carbonyl (C=O) groups is 1. The fourth-order valence-corrected chi connectivity index (χ4v) is 3.31. The lowest BCUT2D eigenvalue weighted by atomic mass is 9.77. The van der Waals surface area contributed by atoms with Crippen molar-refractivity contribution in [2.24, 2.45) is 5.41 Å². The third-order valence-electron chi connectivity index (χ3n) is 4.57. The summed E-state index contributed by atoms with van der Waals surface area (Å²) in [5.41, 5.74) is 2.77. The Kier molecular flexibility index (Phi) is 4.62. The normalized spacial score (nSPS) is 17.5. The summed E-state index contributed by atoms with van der Waals surface area (Å²) in [4.78, 5) is 11.1. The van der Waals surface area contributed by atoms with Gasteiger partial charge in [-0.15, -0.1) is 0 Å². The van der Waals surface area contributed by atoms with Gasteiger partial charge in [0.1, 0.15) is 0 Å². The van der Waals surface area contributed by atoms with Crippen LogP contribution in [-0.2, 0) is 17.6 Å². The average Bonchev–Trinajstić information content (AvgIpc) is 2.85. The summed E-state index contributed by atoms with van der Waals surface area (Å²) in [6, 6.07) is 8.77. The van der Waals surface area contributed by atoms with Crippen molar-refractivity contribution in [1.82, 2.24) is 0 Å². The van der Waals surface area contributed by atoms with Crippen LogP contribution in [0.1, 0.15) is 56.6 Å². The SMILES string of the molecule is CCc1ccc(CCC2(CC(=O)O)CCCC2)cc1. The van der Waals surface area contributed by atoms with Crippen LogP contribution in [0.5, 0.6) is 0 Å². The molecule has 1 N–H and O–H groups in total. The zero-order chi connectivity index (χ0) is 13.7. The zero-order valence-corrected chi connectivity index (χ0v) is 11.8. The smallest absolute Gasteiger partial charge is 0.303 e. The van der Waals surface area contributed by atoms with Gasteiger partial charge in [0.25, 0.3) is 0 Å². The largest absolute Gasteiger partial charge is 0.481 e. The highest BCUT2D eigenvalue weighted by atomic mass is 16.4. The van der Waals surface area contributed by atoms with E-state index in [1.807, 2.05) is 0 Å². The van der Waals surface area contributed by atoms with E-state index in [4.69, 9.17) is 5.11 Å². The van der Waals surface area contributed by atoms with Gasteiger partial charge in [-0.1, -0.05) is 44.0 Å². The molecule has 0 radical (unpaired) electrons. The van der Waals surface area contributed by atoms with Crippen LogP contribution in [-0.4, -0.2) is 11.1 Å². The average molecular weight is 260 g/mol.